The third-order valence-electron chi connectivity index (χ3n) is 3.84. The topological polar surface area (TPSA) is 29.3 Å². The molecule has 0 aliphatic carbocycles. The van der Waals surface area contributed by atoms with E-state index in [-0.39, 0.29) is 5.82 Å². The summed E-state index contributed by atoms with van der Waals surface area (Å²) < 4.78 is 13.4. The van der Waals surface area contributed by atoms with Crippen LogP contribution in [0.15, 0.2) is 18.2 Å². The molecule has 0 radical (unpaired) electrons. The minimum Gasteiger partial charge on any atom is -0.326 e. The zero-order valence-electron chi connectivity index (χ0n) is 11.2. The van der Waals surface area contributed by atoms with Gasteiger partial charge in [-0.25, -0.2) is 4.39 Å². The van der Waals surface area contributed by atoms with Gasteiger partial charge in [0.25, 0.3) is 0 Å². The minimum absolute atomic E-state index is 0.169. The highest BCUT2D eigenvalue weighted by atomic mass is 19.1. The fourth-order valence-corrected chi connectivity index (χ4v) is 2.81. The zero-order valence-corrected chi connectivity index (χ0v) is 11.2. The molecule has 18 heavy (non-hydrogen) atoms. The van der Waals surface area contributed by atoms with Crippen LogP contribution in [0.5, 0.6) is 0 Å². The van der Waals surface area contributed by atoms with Crippen molar-refractivity contribution >= 4 is 0 Å². The molecule has 1 fully saturated rings. The molecule has 2 nitrogen and oxygen atoms in total. The van der Waals surface area contributed by atoms with E-state index < -0.39 is 0 Å². The fraction of sp³-hybridized carbons (Fsp3) is 0.600. The third kappa shape index (κ3) is 3.53. The van der Waals surface area contributed by atoms with Gasteiger partial charge in [-0.05, 0) is 48.6 Å². The summed E-state index contributed by atoms with van der Waals surface area (Å²) in [5, 5.41) is 0. The third-order valence-corrected chi connectivity index (χ3v) is 3.84. The molecule has 0 aromatic heterocycles. The highest BCUT2D eigenvalue weighted by molar-refractivity contribution is 5.24. The van der Waals surface area contributed by atoms with Gasteiger partial charge in [0, 0.05) is 19.6 Å². The molecule has 0 spiro atoms. The molecule has 3 heteroatoms. The number of hydrogen-bond donors (Lipinski definition) is 1. The number of rotatable bonds is 4. The van der Waals surface area contributed by atoms with Crippen LogP contribution in [0.2, 0.25) is 0 Å². The van der Waals surface area contributed by atoms with Crippen LogP contribution in [0.1, 0.15) is 37.3 Å². The van der Waals surface area contributed by atoms with Gasteiger partial charge in [0.05, 0.1) is 0 Å². The van der Waals surface area contributed by atoms with Crippen molar-refractivity contribution < 1.29 is 4.39 Å². The average molecular weight is 250 g/mol. The first-order valence-electron chi connectivity index (χ1n) is 6.92. The van der Waals surface area contributed by atoms with Gasteiger partial charge in [-0.1, -0.05) is 19.4 Å². The molecule has 1 aliphatic heterocycles. The van der Waals surface area contributed by atoms with Crippen LogP contribution in [0, 0.1) is 11.7 Å². The van der Waals surface area contributed by atoms with E-state index in [0.717, 1.165) is 36.7 Å². The highest BCUT2D eigenvalue weighted by Crippen LogP contribution is 2.21. The fourth-order valence-electron chi connectivity index (χ4n) is 2.81. The molecular weight excluding hydrogens is 227 g/mol. The second kappa shape index (κ2) is 6.30. The van der Waals surface area contributed by atoms with E-state index in [1.54, 1.807) is 6.07 Å². The Bertz CT molecular complexity index is 392. The van der Waals surface area contributed by atoms with Crippen molar-refractivity contribution in [2.75, 3.05) is 13.1 Å². The number of nitrogens with two attached hydrogens (primary N) is 1. The van der Waals surface area contributed by atoms with E-state index in [0.29, 0.717) is 6.54 Å². The molecule has 1 saturated heterocycles. The second-order valence-corrected chi connectivity index (χ2v) is 5.32. The lowest BCUT2D eigenvalue weighted by Crippen LogP contribution is -2.34. The van der Waals surface area contributed by atoms with Gasteiger partial charge in [-0.15, -0.1) is 0 Å². The van der Waals surface area contributed by atoms with Crippen molar-refractivity contribution in [3.63, 3.8) is 0 Å². The maximum atomic E-state index is 13.4. The number of piperidine rings is 1. The second-order valence-electron chi connectivity index (χ2n) is 5.32. The van der Waals surface area contributed by atoms with Gasteiger partial charge in [0.2, 0.25) is 0 Å². The molecule has 2 rings (SSSR count). The van der Waals surface area contributed by atoms with E-state index in [1.807, 2.05) is 6.07 Å². The monoisotopic (exact) mass is 250 g/mol. The molecule has 1 unspecified atom stereocenters. The molecule has 1 aromatic carbocycles. The van der Waals surface area contributed by atoms with Crippen molar-refractivity contribution in [3.8, 4) is 0 Å². The van der Waals surface area contributed by atoms with Gasteiger partial charge < -0.3 is 5.73 Å². The molecular formula is C15H23FN2. The minimum atomic E-state index is -0.169. The Kier molecular flexibility index (Phi) is 4.72. The van der Waals surface area contributed by atoms with Gasteiger partial charge in [-0.2, -0.15) is 0 Å². The molecule has 0 bridgehead atoms. The first-order chi connectivity index (χ1) is 8.71. The van der Waals surface area contributed by atoms with Crippen LogP contribution in [-0.4, -0.2) is 18.0 Å². The Hall–Kier alpha value is -0.930. The Morgan fingerprint density at radius 3 is 2.83 bits per heavy atom. The number of halogens is 1. The summed E-state index contributed by atoms with van der Waals surface area (Å²) in [5.41, 5.74) is 7.52. The normalized spacial score (nSPS) is 21.2. The van der Waals surface area contributed by atoms with Crippen LogP contribution in [0.4, 0.5) is 4.39 Å². The van der Waals surface area contributed by atoms with Crippen molar-refractivity contribution in [1.82, 2.24) is 4.90 Å². The molecule has 0 saturated carbocycles. The average Bonchev–Trinajstić information content (AvgIpc) is 2.38. The molecule has 0 amide bonds. The maximum absolute atomic E-state index is 13.4. The number of hydrogen-bond acceptors (Lipinski definition) is 2. The molecule has 100 valence electrons. The summed E-state index contributed by atoms with van der Waals surface area (Å²) in [6.07, 6.45) is 3.84. The molecule has 1 aromatic rings. The largest absolute Gasteiger partial charge is 0.326 e. The predicted octanol–water partition coefficient (Wildman–Crippen LogP) is 2.91. The summed E-state index contributed by atoms with van der Waals surface area (Å²) in [6.45, 7) is 5.78. The summed E-state index contributed by atoms with van der Waals surface area (Å²) in [4.78, 5) is 2.44. The first kappa shape index (κ1) is 13.5. The Morgan fingerprint density at radius 2 is 2.11 bits per heavy atom. The van der Waals surface area contributed by atoms with E-state index >= 15 is 0 Å². The van der Waals surface area contributed by atoms with Gasteiger partial charge in [-0.3, -0.25) is 4.90 Å². The molecule has 1 heterocycles. The van der Waals surface area contributed by atoms with E-state index in [4.69, 9.17) is 5.73 Å². The summed E-state index contributed by atoms with van der Waals surface area (Å²) >= 11 is 0. The van der Waals surface area contributed by atoms with E-state index in [1.165, 1.54) is 25.3 Å². The zero-order chi connectivity index (χ0) is 13.0. The lowest BCUT2D eigenvalue weighted by molar-refractivity contribution is 0.164. The van der Waals surface area contributed by atoms with E-state index in [2.05, 4.69) is 11.8 Å². The molecule has 1 aliphatic rings. The Labute approximate surface area is 109 Å². The number of benzene rings is 1. The van der Waals surface area contributed by atoms with Gasteiger partial charge in [0.15, 0.2) is 0 Å². The van der Waals surface area contributed by atoms with Gasteiger partial charge in [0.1, 0.15) is 5.82 Å². The lowest BCUT2D eigenvalue weighted by atomic mass is 9.95. The number of likely N-dealkylation sites (tertiary alicyclic amines) is 1. The van der Waals surface area contributed by atoms with Crippen LogP contribution in [0.25, 0.3) is 0 Å². The van der Waals surface area contributed by atoms with Crippen LogP contribution < -0.4 is 5.73 Å². The van der Waals surface area contributed by atoms with Crippen molar-refractivity contribution in [2.24, 2.45) is 11.7 Å². The Morgan fingerprint density at radius 1 is 1.33 bits per heavy atom. The van der Waals surface area contributed by atoms with Crippen molar-refractivity contribution in [1.29, 1.82) is 0 Å². The van der Waals surface area contributed by atoms with Crippen LogP contribution in [-0.2, 0) is 13.1 Å². The summed E-state index contributed by atoms with van der Waals surface area (Å²) in [7, 11) is 0. The van der Waals surface area contributed by atoms with Crippen LogP contribution in [0.3, 0.4) is 0 Å². The smallest absolute Gasteiger partial charge is 0.123 e. The lowest BCUT2D eigenvalue weighted by Gasteiger charge is -2.32. The first-order valence-corrected chi connectivity index (χ1v) is 6.92. The summed E-state index contributed by atoms with van der Waals surface area (Å²) in [6, 6.07) is 5.18. The summed E-state index contributed by atoms with van der Waals surface area (Å²) in [5.74, 6) is 0.637. The highest BCUT2D eigenvalue weighted by Gasteiger charge is 2.18. The molecule has 2 N–H and O–H groups in total. The van der Waals surface area contributed by atoms with Crippen molar-refractivity contribution in [3.05, 3.63) is 35.1 Å². The van der Waals surface area contributed by atoms with Crippen LogP contribution >= 0.6 is 0 Å². The predicted molar refractivity (Wildman–Crippen MR) is 72.6 cm³/mol. The maximum Gasteiger partial charge on any atom is 0.123 e. The Balaban J connectivity index is 2.02. The van der Waals surface area contributed by atoms with Crippen molar-refractivity contribution in [2.45, 2.75) is 39.3 Å². The molecule has 1 atom stereocenters. The number of nitrogens with zero attached hydrogens (tertiary/aromatic N) is 1. The van der Waals surface area contributed by atoms with E-state index in [9.17, 15) is 4.39 Å². The SMILES string of the molecule is CCC1CCCN(Cc2cc(F)cc(CN)c2)C1. The quantitative estimate of drug-likeness (QED) is 0.890. The standard InChI is InChI=1S/C15H23FN2/c1-2-12-4-3-5-18(10-12)11-14-6-13(9-17)7-15(16)8-14/h6-8,12H,2-5,9-11,17H2,1H3. The van der Waals surface area contributed by atoms with Gasteiger partial charge >= 0.3 is 0 Å².